The minimum atomic E-state index is -0.415. The highest BCUT2D eigenvalue weighted by Crippen LogP contribution is 2.23. The van der Waals surface area contributed by atoms with Crippen LogP contribution in [-0.2, 0) is 22.4 Å². The van der Waals surface area contributed by atoms with E-state index in [0.29, 0.717) is 5.56 Å². The first kappa shape index (κ1) is 17.1. The Hall–Kier alpha value is -3.34. The first-order valence-corrected chi connectivity index (χ1v) is 9.00. The SMILES string of the molecule is CCc1cccc2c(C(=O)COC(=O)Cc3c[nH]c4ccccc34)c[nH]c12. The van der Waals surface area contributed by atoms with Crippen LogP contribution in [0.1, 0.15) is 28.4 Å². The Labute approximate surface area is 156 Å². The molecule has 0 aliphatic rings. The van der Waals surface area contributed by atoms with Crippen molar-refractivity contribution in [3.8, 4) is 0 Å². The van der Waals surface area contributed by atoms with E-state index in [-0.39, 0.29) is 18.8 Å². The number of para-hydroxylation sites is 2. The average Bonchev–Trinajstić information content (AvgIpc) is 3.30. The molecule has 0 unspecified atom stereocenters. The smallest absolute Gasteiger partial charge is 0.310 e. The highest BCUT2D eigenvalue weighted by Gasteiger charge is 2.16. The van der Waals surface area contributed by atoms with Gasteiger partial charge in [0.25, 0.3) is 0 Å². The molecule has 0 bridgehead atoms. The van der Waals surface area contributed by atoms with Gasteiger partial charge in [0, 0.05) is 39.8 Å². The maximum Gasteiger partial charge on any atom is 0.310 e. The Bertz CT molecular complexity index is 1140. The van der Waals surface area contributed by atoms with Crippen LogP contribution in [0.4, 0.5) is 0 Å². The van der Waals surface area contributed by atoms with Gasteiger partial charge in [-0.3, -0.25) is 9.59 Å². The number of esters is 1. The lowest BCUT2D eigenvalue weighted by Crippen LogP contribution is -2.15. The van der Waals surface area contributed by atoms with Crippen LogP contribution in [0.2, 0.25) is 0 Å². The molecule has 4 aromatic rings. The largest absolute Gasteiger partial charge is 0.457 e. The number of fused-ring (bicyclic) bond motifs is 2. The standard InChI is InChI=1S/C22H20N2O3/c1-2-14-6-5-8-17-18(12-24-22(14)17)20(25)13-27-21(26)10-15-11-23-19-9-4-3-7-16(15)19/h3-9,11-12,23-24H,2,10,13H2,1H3. The van der Waals surface area contributed by atoms with Crippen molar-refractivity contribution in [1.29, 1.82) is 0 Å². The Balaban J connectivity index is 1.44. The van der Waals surface area contributed by atoms with Gasteiger partial charge in [-0.25, -0.2) is 0 Å². The molecule has 5 heteroatoms. The van der Waals surface area contributed by atoms with E-state index in [0.717, 1.165) is 39.4 Å². The molecule has 0 aliphatic heterocycles. The molecule has 0 aliphatic carbocycles. The number of hydrogen-bond acceptors (Lipinski definition) is 3. The molecular formula is C22H20N2O3. The molecular weight excluding hydrogens is 340 g/mol. The number of nitrogens with one attached hydrogen (secondary N) is 2. The van der Waals surface area contributed by atoms with Crippen LogP contribution in [0.25, 0.3) is 21.8 Å². The van der Waals surface area contributed by atoms with Gasteiger partial charge in [-0.05, 0) is 23.6 Å². The topological polar surface area (TPSA) is 75.0 Å². The van der Waals surface area contributed by atoms with E-state index in [2.05, 4.69) is 16.9 Å². The van der Waals surface area contributed by atoms with Gasteiger partial charge in [0.15, 0.2) is 6.61 Å². The Morgan fingerprint density at radius 2 is 1.74 bits per heavy atom. The zero-order valence-electron chi connectivity index (χ0n) is 15.0. The van der Waals surface area contributed by atoms with Crippen LogP contribution in [0.5, 0.6) is 0 Å². The van der Waals surface area contributed by atoms with Gasteiger partial charge in [-0.1, -0.05) is 43.3 Å². The molecule has 27 heavy (non-hydrogen) atoms. The number of H-pyrrole nitrogens is 2. The second-order valence-electron chi connectivity index (χ2n) is 6.52. The molecule has 5 nitrogen and oxygen atoms in total. The molecule has 0 radical (unpaired) electrons. The summed E-state index contributed by atoms with van der Waals surface area (Å²) in [6.45, 7) is 1.81. The number of Topliss-reactive ketones (excluding diaryl/α,β-unsaturated/α-hetero) is 1. The third kappa shape index (κ3) is 3.24. The monoisotopic (exact) mass is 360 g/mol. The first-order chi connectivity index (χ1) is 13.2. The van der Waals surface area contributed by atoms with E-state index in [1.807, 2.05) is 42.5 Å². The van der Waals surface area contributed by atoms with Gasteiger partial charge in [0.05, 0.1) is 6.42 Å². The lowest BCUT2D eigenvalue weighted by atomic mass is 10.1. The van der Waals surface area contributed by atoms with Crippen molar-refractivity contribution in [3.05, 3.63) is 71.5 Å². The van der Waals surface area contributed by atoms with Gasteiger partial charge in [-0.15, -0.1) is 0 Å². The van der Waals surface area contributed by atoms with Crippen LogP contribution in [-0.4, -0.2) is 28.3 Å². The number of carbonyl (C=O) groups excluding carboxylic acids is 2. The zero-order valence-corrected chi connectivity index (χ0v) is 15.0. The molecule has 0 amide bonds. The third-order valence-corrected chi connectivity index (χ3v) is 4.86. The highest BCUT2D eigenvalue weighted by molar-refractivity contribution is 6.09. The number of aromatic amines is 2. The number of hydrogen-bond donors (Lipinski definition) is 2. The average molecular weight is 360 g/mol. The van der Waals surface area contributed by atoms with Crippen LogP contribution >= 0.6 is 0 Å². The zero-order chi connectivity index (χ0) is 18.8. The number of ketones is 1. The van der Waals surface area contributed by atoms with Crippen molar-refractivity contribution in [2.45, 2.75) is 19.8 Å². The van der Waals surface area contributed by atoms with Crippen molar-refractivity contribution < 1.29 is 14.3 Å². The van der Waals surface area contributed by atoms with E-state index < -0.39 is 5.97 Å². The molecule has 0 saturated heterocycles. The predicted octanol–water partition coefficient (Wildman–Crippen LogP) is 4.18. The second-order valence-corrected chi connectivity index (χ2v) is 6.52. The summed E-state index contributed by atoms with van der Waals surface area (Å²) in [5.41, 5.74) is 4.51. The van der Waals surface area contributed by atoms with E-state index >= 15 is 0 Å². The van der Waals surface area contributed by atoms with Gasteiger partial charge in [0.1, 0.15) is 0 Å². The minimum Gasteiger partial charge on any atom is -0.457 e. The summed E-state index contributed by atoms with van der Waals surface area (Å²) in [6, 6.07) is 13.7. The van der Waals surface area contributed by atoms with E-state index in [1.54, 1.807) is 12.4 Å². The van der Waals surface area contributed by atoms with Gasteiger partial charge >= 0.3 is 5.97 Å². The fourth-order valence-electron chi connectivity index (χ4n) is 3.45. The normalized spacial score (nSPS) is 11.1. The fraction of sp³-hybridized carbons (Fsp3) is 0.182. The molecule has 0 saturated carbocycles. The highest BCUT2D eigenvalue weighted by atomic mass is 16.5. The lowest BCUT2D eigenvalue weighted by molar-refractivity contribution is -0.141. The minimum absolute atomic E-state index is 0.130. The maximum atomic E-state index is 12.5. The molecule has 2 aromatic carbocycles. The van der Waals surface area contributed by atoms with E-state index in [4.69, 9.17) is 4.74 Å². The number of benzene rings is 2. The van der Waals surface area contributed by atoms with Crippen molar-refractivity contribution in [2.24, 2.45) is 0 Å². The Morgan fingerprint density at radius 1 is 0.926 bits per heavy atom. The van der Waals surface area contributed by atoms with Gasteiger partial charge in [-0.2, -0.15) is 0 Å². The molecule has 2 aromatic heterocycles. The summed E-state index contributed by atoms with van der Waals surface area (Å²) in [4.78, 5) is 31.0. The Morgan fingerprint density at radius 3 is 2.59 bits per heavy atom. The number of aryl methyl sites for hydroxylation is 1. The molecule has 4 rings (SSSR count). The summed E-state index contributed by atoms with van der Waals surface area (Å²) < 4.78 is 5.24. The summed E-state index contributed by atoms with van der Waals surface area (Å²) in [5, 5.41) is 1.86. The molecule has 0 fully saturated rings. The van der Waals surface area contributed by atoms with Crippen molar-refractivity contribution in [1.82, 2.24) is 9.97 Å². The van der Waals surface area contributed by atoms with E-state index in [9.17, 15) is 9.59 Å². The predicted molar refractivity (Wildman–Crippen MR) is 105 cm³/mol. The van der Waals surface area contributed by atoms with Crippen molar-refractivity contribution in [3.63, 3.8) is 0 Å². The number of rotatable bonds is 6. The molecule has 0 atom stereocenters. The first-order valence-electron chi connectivity index (χ1n) is 9.00. The summed E-state index contributed by atoms with van der Waals surface area (Å²) in [6.07, 6.45) is 4.51. The number of aromatic nitrogens is 2. The van der Waals surface area contributed by atoms with Crippen LogP contribution in [0.3, 0.4) is 0 Å². The fourth-order valence-corrected chi connectivity index (χ4v) is 3.45. The van der Waals surface area contributed by atoms with E-state index in [1.165, 1.54) is 0 Å². The maximum absolute atomic E-state index is 12.5. The molecule has 2 N–H and O–H groups in total. The van der Waals surface area contributed by atoms with Crippen LogP contribution in [0.15, 0.2) is 54.9 Å². The van der Waals surface area contributed by atoms with Gasteiger partial charge < -0.3 is 14.7 Å². The third-order valence-electron chi connectivity index (χ3n) is 4.86. The van der Waals surface area contributed by atoms with Crippen molar-refractivity contribution >= 4 is 33.6 Å². The molecule has 0 spiro atoms. The second kappa shape index (κ2) is 7.11. The summed E-state index contributed by atoms with van der Waals surface area (Å²) in [7, 11) is 0. The van der Waals surface area contributed by atoms with Crippen LogP contribution in [0, 0.1) is 0 Å². The molecule has 2 heterocycles. The Kier molecular flexibility index (Phi) is 4.50. The quantitative estimate of drug-likeness (QED) is 0.400. The molecule has 136 valence electrons. The lowest BCUT2D eigenvalue weighted by Gasteiger charge is -2.04. The summed E-state index contributed by atoms with van der Waals surface area (Å²) >= 11 is 0. The van der Waals surface area contributed by atoms with Crippen molar-refractivity contribution in [2.75, 3.05) is 6.61 Å². The van der Waals surface area contributed by atoms with Gasteiger partial charge in [0.2, 0.25) is 5.78 Å². The number of carbonyl (C=O) groups is 2. The van der Waals surface area contributed by atoms with Crippen LogP contribution < -0.4 is 0 Å². The summed E-state index contributed by atoms with van der Waals surface area (Å²) in [5.74, 6) is -0.621. The number of ether oxygens (including phenoxy) is 1.